The van der Waals surface area contributed by atoms with E-state index in [-0.39, 0.29) is 0 Å². The van der Waals surface area contributed by atoms with Crippen LogP contribution in [0.3, 0.4) is 0 Å². The molecule has 1 rings (SSSR count). The highest BCUT2D eigenvalue weighted by molar-refractivity contribution is 5.77. The van der Waals surface area contributed by atoms with E-state index in [0.29, 0.717) is 0 Å². The molecule has 1 unspecified atom stereocenters. The number of aliphatic carboxylic acids is 1. The van der Waals surface area contributed by atoms with E-state index >= 15 is 0 Å². The Bertz CT molecular complexity index is 364. The van der Waals surface area contributed by atoms with Gasteiger partial charge >= 0.3 is 5.97 Å². The summed E-state index contributed by atoms with van der Waals surface area (Å²) < 4.78 is 0. The molecule has 0 spiro atoms. The topological polar surface area (TPSA) is 52.6 Å². The van der Waals surface area contributed by atoms with Gasteiger partial charge in [-0.05, 0) is 32.6 Å². The second kappa shape index (κ2) is 5.51. The zero-order chi connectivity index (χ0) is 12.1. The fourth-order valence-electron chi connectivity index (χ4n) is 1.43. The van der Waals surface area contributed by atoms with E-state index in [0.717, 1.165) is 17.8 Å². The van der Waals surface area contributed by atoms with E-state index in [1.165, 1.54) is 0 Å². The normalized spacial score (nSPS) is 12.5. The quantitative estimate of drug-likeness (QED) is 0.795. The van der Waals surface area contributed by atoms with Crippen molar-refractivity contribution in [2.24, 2.45) is 0 Å². The molecule has 0 saturated carbocycles. The third-order valence-electron chi connectivity index (χ3n) is 2.25. The molecular weight excluding hydrogens is 204 g/mol. The summed E-state index contributed by atoms with van der Waals surface area (Å²) in [6, 6.07) is 7.17. The van der Waals surface area contributed by atoms with Crippen molar-refractivity contribution < 1.29 is 9.90 Å². The number of para-hydroxylation sites is 1. The molecule has 0 radical (unpaired) electrons. The number of carbonyl (C=O) groups is 1. The lowest BCUT2D eigenvalue weighted by Gasteiger charge is -2.17. The molecule has 88 valence electrons. The fourth-order valence-corrected chi connectivity index (χ4v) is 1.43. The van der Waals surface area contributed by atoms with Crippen molar-refractivity contribution in [1.29, 1.82) is 0 Å². The van der Waals surface area contributed by atoms with Gasteiger partial charge in [-0.1, -0.05) is 18.2 Å². The van der Waals surface area contributed by atoms with E-state index < -0.39 is 12.0 Å². The molecular formula is C12H18N2O2. The number of anilines is 1. The van der Waals surface area contributed by atoms with Crippen LogP contribution in [0.15, 0.2) is 24.3 Å². The van der Waals surface area contributed by atoms with E-state index in [4.69, 9.17) is 5.11 Å². The third kappa shape index (κ3) is 3.55. The molecule has 0 bridgehead atoms. The zero-order valence-electron chi connectivity index (χ0n) is 9.90. The average molecular weight is 222 g/mol. The van der Waals surface area contributed by atoms with Crippen LogP contribution in [0.25, 0.3) is 0 Å². The molecule has 1 atom stereocenters. The monoisotopic (exact) mass is 222 g/mol. The summed E-state index contributed by atoms with van der Waals surface area (Å²) in [6.07, 6.45) is 0. The summed E-state index contributed by atoms with van der Waals surface area (Å²) in [5.41, 5.74) is 1.98. The Hall–Kier alpha value is -1.55. The molecule has 1 aromatic carbocycles. The smallest absolute Gasteiger partial charge is 0.325 e. The number of carboxylic acid groups (broad SMARTS) is 1. The predicted octanol–water partition coefficient (Wildman–Crippen LogP) is 1.63. The molecule has 4 nitrogen and oxygen atoms in total. The molecule has 0 aliphatic carbocycles. The van der Waals surface area contributed by atoms with Crippen LogP contribution in [0.1, 0.15) is 12.5 Å². The van der Waals surface area contributed by atoms with E-state index in [1.54, 1.807) is 6.92 Å². The van der Waals surface area contributed by atoms with Crippen molar-refractivity contribution >= 4 is 11.7 Å². The molecule has 0 aromatic heterocycles. The van der Waals surface area contributed by atoms with Gasteiger partial charge in [-0.15, -0.1) is 0 Å². The first-order valence-electron chi connectivity index (χ1n) is 5.22. The maximum atomic E-state index is 10.8. The van der Waals surface area contributed by atoms with Gasteiger partial charge in [0.2, 0.25) is 0 Å². The minimum atomic E-state index is -0.848. The number of benzene rings is 1. The summed E-state index contributed by atoms with van der Waals surface area (Å²) >= 11 is 0. The number of nitrogens with one attached hydrogen (secondary N) is 1. The van der Waals surface area contributed by atoms with Crippen molar-refractivity contribution in [2.45, 2.75) is 19.5 Å². The number of hydrogen-bond acceptors (Lipinski definition) is 3. The van der Waals surface area contributed by atoms with Crippen LogP contribution >= 0.6 is 0 Å². The first kappa shape index (κ1) is 12.5. The van der Waals surface area contributed by atoms with Crippen LogP contribution in [0.4, 0.5) is 5.69 Å². The van der Waals surface area contributed by atoms with Crippen molar-refractivity contribution in [1.82, 2.24) is 4.90 Å². The van der Waals surface area contributed by atoms with Gasteiger partial charge in [0.25, 0.3) is 0 Å². The highest BCUT2D eigenvalue weighted by atomic mass is 16.4. The summed E-state index contributed by atoms with van der Waals surface area (Å²) in [4.78, 5) is 12.8. The lowest BCUT2D eigenvalue weighted by molar-refractivity contribution is -0.137. The summed E-state index contributed by atoms with van der Waals surface area (Å²) in [6.45, 7) is 2.42. The second-order valence-electron chi connectivity index (χ2n) is 4.10. The van der Waals surface area contributed by atoms with Crippen LogP contribution < -0.4 is 5.32 Å². The number of nitrogens with zero attached hydrogens (tertiary/aromatic N) is 1. The van der Waals surface area contributed by atoms with Crippen LogP contribution in [-0.4, -0.2) is 36.1 Å². The van der Waals surface area contributed by atoms with Crippen LogP contribution in [0.2, 0.25) is 0 Å². The van der Waals surface area contributed by atoms with E-state index in [9.17, 15) is 4.79 Å². The number of hydrogen-bond donors (Lipinski definition) is 2. The highest BCUT2D eigenvalue weighted by Crippen LogP contribution is 2.17. The van der Waals surface area contributed by atoms with Crippen molar-refractivity contribution in [3.63, 3.8) is 0 Å². The van der Waals surface area contributed by atoms with Gasteiger partial charge in [-0.3, -0.25) is 4.79 Å². The number of carboxylic acids is 1. The Morgan fingerprint density at radius 1 is 1.44 bits per heavy atom. The molecule has 2 N–H and O–H groups in total. The minimum absolute atomic E-state index is 0.580. The molecule has 0 aliphatic heterocycles. The van der Waals surface area contributed by atoms with Crippen LogP contribution in [-0.2, 0) is 11.3 Å². The first-order valence-corrected chi connectivity index (χ1v) is 5.22. The van der Waals surface area contributed by atoms with E-state index in [1.807, 2.05) is 43.3 Å². The lowest BCUT2D eigenvalue weighted by atomic mass is 10.1. The molecule has 0 saturated heterocycles. The molecule has 0 heterocycles. The van der Waals surface area contributed by atoms with Crippen molar-refractivity contribution in [3.05, 3.63) is 29.8 Å². The minimum Gasteiger partial charge on any atom is -0.480 e. The van der Waals surface area contributed by atoms with Crippen molar-refractivity contribution in [3.8, 4) is 0 Å². The highest BCUT2D eigenvalue weighted by Gasteiger charge is 2.12. The van der Waals surface area contributed by atoms with Gasteiger partial charge in [0.05, 0.1) is 0 Å². The van der Waals surface area contributed by atoms with E-state index in [2.05, 4.69) is 5.32 Å². The van der Waals surface area contributed by atoms with Crippen LogP contribution in [0.5, 0.6) is 0 Å². The van der Waals surface area contributed by atoms with Gasteiger partial charge in [0.15, 0.2) is 0 Å². The molecule has 16 heavy (non-hydrogen) atoms. The summed E-state index contributed by atoms with van der Waals surface area (Å²) in [7, 11) is 3.97. The maximum absolute atomic E-state index is 10.8. The number of rotatable bonds is 5. The van der Waals surface area contributed by atoms with Crippen LogP contribution in [0, 0.1) is 0 Å². The van der Waals surface area contributed by atoms with Crippen molar-refractivity contribution in [2.75, 3.05) is 19.4 Å². The van der Waals surface area contributed by atoms with Gasteiger partial charge in [-0.25, -0.2) is 0 Å². The predicted molar refractivity (Wildman–Crippen MR) is 64.6 cm³/mol. The molecule has 0 amide bonds. The Labute approximate surface area is 95.9 Å². The third-order valence-corrected chi connectivity index (χ3v) is 2.25. The average Bonchev–Trinajstić information content (AvgIpc) is 2.20. The largest absolute Gasteiger partial charge is 0.480 e. The van der Waals surface area contributed by atoms with Gasteiger partial charge in [0.1, 0.15) is 6.04 Å². The Morgan fingerprint density at radius 3 is 2.62 bits per heavy atom. The molecule has 1 aromatic rings. The molecule has 4 heteroatoms. The maximum Gasteiger partial charge on any atom is 0.325 e. The fraction of sp³-hybridized carbons (Fsp3) is 0.417. The summed E-state index contributed by atoms with van der Waals surface area (Å²) in [5, 5.41) is 11.8. The summed E-state index contributed by atoms with van der Waals surface area (Å²) in [5.74, 6) is -0.848. The SMILES string of the molecule is CC(Nc1ccccc1CN(C)C)C(=O)O. The molecule has 0 fully saturated rings. The molecule has 0 aliphatic rings. The Balaban J connectivity index is 2.82. The lowest BCUT2D eigenvalue weighted by Crippen LogP contribution is -2.26. The van der Waals surface area contributed by atoms with Gasteiger partial charge in [-0.2, -0.15) is 0 Å². The second-order valence-corrected chi connectivity index (χ2v) is 4.10. The van der Waals surface area contributed by atoms with Gasteiger partial charge in [0, 0.05) is 12.2 Å². The standard InChI is InChI=1S/C12H18N2O2/c1-9(12(15)16)13-11-7-5-4-6-10(11)8-14(2)3/h4-7,9,13H,8H2,1-3H3,(H,15,16). The Kier molecular flexibility index (Phi) is 4.31. The zero-order valence-corrected chi connectivity index (χ0v) is 9.90. The Morgan fingerprint density at radius 2 is 2.06 bits per heavy atom. The van der Waals surface area contributed by atoms with Gasteiger partial charge < -0.3 is 15.3 Å². The first-order chi connectivity index (χ1) is 7.50.